The maximum atomic E-state index is 13.6. The van der Waals surface area contributed by atoms with Crippen LogP contribution in [0.4, 0.5) is 4.39 Å². The summed E-state index contributed by atoms with van der Waals surface area (Å²) in [5.74, 6) is -3.65. The first-order chi connectivity index (χ1) is 9.99. The molecule has 0 amide bonds. The Morgan fingerprint density at radius 2 is 1.90 bits per heavy atom. The Bertz CT molecular complexity index is 714. The maximum Gasteiger partial charge on any atom is 0.371 e. The molecule has 1 heterocycles. The Hall–Kier alpha value is -2.89. The Kier molecular flexibility index (Phi) is 4.18. The number of furan rings is 1. The van der Waals surface area contributed by atoms with Gasteiger partial charge in [0, 0.05) is 12.5 Å². The smallest absolute Gasteiger partial charge is 0.371 e. The van der Waals surface area contributed by atoms with E-state index in [0.29, 0.717) is 11.6 Å². The molecule has 2 N–H and O–H groups in total. The molecular weight excluding hydrogens is 279 g/mol. The zero-order valence-corrected chi connectivity index (χ0v) is 10.7. The molecule has 0 saturated heterocycles. The molecule has 108 valence electrons. The van der Waals surface area contributed by atoms with Crippen molar-refractivity contribution < 1.29 is 28.6 Å². The van der Waals surface area contributed by atoms with Crippen LogP contribution in [0, 0.1) is 5.82 Å². The van der Waals surface area contributed by atoms with Crippen LogP contribution in [0.5, 0.6) is 0 Å². The second kappa shape index (κ2) is 6.04. The van der Waals surface area contributed by atoms with Gasteiger partial charge in [0.05, 0.1) is 11.8 Å². The number of carboxylic acids is 1. The molecule has 1 aromatic carbocycles. The number of hydrogen-bond acceptors (Lipinski definition) is 4. The van der Waals surface area contributed by atoms with Crippen molar-refractivity contribution in [3.63, 3.8) is 0 Å². The number of hydrogen-bond donors (Lipinski definition) is 2. The highest BCUT2D eigenvalue weighted by Crippen LogP contribution is 2.19. The standard InChI is InChI=1S/C15H11FO5/c16-11-4-2-1-3-9(11)7-14-10(5-6-21-14)12(17)8-13(18)15(19)20/h1-6,8,18H,7H2,(H,19,20)/b13-8-. The van der Waals surface area contributed by atoms with Gasteiger partial charge in [-0.15, -0.1) is 0 Å². The number of allylic oxidation sites excluding steroid dienone is 1. The molecule has 0 aliphatic rings. The second-order valence-electron chi connectivity index (χ2n) is 4.22. The molecule has 0 bridgehead atoms. The molecule has 0 radical (unpaired) electrons. The number of aliphatic carboxylic acids is 1. The van der Waals surface area contributed by atoms with Crippen molar-refractivity contribution in [2.45, 2.75) is 6.42 Å². The number of carbonyl (C=O) groups excluding carboxylic acids is 1. The van der Waals surface area contributed by atoms with Gasteiger partial charge in [0.2, 0.25) is 5.76 Å². The molecule has 0 atom stereocenters. The van der Waals surface area contributed by atoms with Crippen LogP contribution in [0.15, 0.2) is 52.8 Å². The van der Waals surface area contributed by atoms with Crippen LogP contribution < -0.4 is 0 Å². The molecule has 0 spiro atoms. The minimum absolute atomic E-state index is 0.0441. The minimum Gasteiger partial charge on any atom is -0.502 e. The highest BCUT2D eigenvalue weighted by Gasteiger charge is 2.17. The number of halogens is 1. The van der Waals surface area contributed by atoms with E-state index in [1.165, 1.54) is 18.4 Å². The minimum atomic E-state index is -1.61. The second-order valence-corrected chi connectivity index (χ2v) is 4.22. The normalized spacial score (nSPS) is 11.4. The lowest BCUT2D eigenvalue weighted by molar-refractivity contribution is -0.135. The van der Waals surface area contributed by atoms with Crippen molar-refractivity contribution in [2.75, 3.05) is 0 Å². The molecule has 0 saturated carbocycles. The van der Waals surface area contributed by atoms with Gasteiger partial charge in [-0.2, -0.15) is 0 Å². The van der Waals surface area contributed by atoms with E-state index in [2.05, 4.69) is 0 Å². The number of carboxylic acid groups (broad SMARTS) is 1. The summed E-state index contributed by atoms with van der Waals surface area (Å²) in [6, 6.07) is 7.37. The van der Waals surface area contributed by atoms with Gasteiger partial charge in [-0.05, 0) is 17.7 Å². The lowest BCUT2D eigenvalue weighted by Gasteiger charge is -2.02. The van der Waals surface area contributed by atoms with Crippen molar-refractivity contribution in [1.29, 1.82) is 0 Å². The summed E-state index contributed by atoms with van der Waals surface area (Å²) in [5, 5.41) is 17.6. The first-order valence-corrected chi connectivity index (χ1v) is 5.97. The zero-order valence-electron chi connectivity index (χ0n) is 10.7. The summed E-state index contributed by atoms with van der Waals surface area (Å²) < 4.78 is 18.7. The van der Waals surface area contributed by atoms with Crippen molar-refractivity contribution >= 4 is 11.8 Å². The van der Waals surface area contributed by atoms with E-state index in [1.807, 2.05) is 0 Å². The van der Waals surface area contributed by atoms with Gasteiger partial charge in [-0.25, -0.2) is 9.18 Å². The van der Waals surface area contributed by atoms with E-state index < -0.39 is 23.3 Å². The third-order valence-electron chi connectivity index (χ3n) is 2.81. The Morgan fingerprint density at radius 1 is 1.19 bits per heavy atom. The van der Waals surface area contributed by atoms with Gasteiger partial charge < -0.3 is 14.6 Å². The maximum absolute atomic E-state index is 13.6. The van der Waals surface area contributed by atoms with Crippen LogP contribution in [0.3, 0.4) is 0 Å². The average molecular weight is 290 g/mol. The molecule has 0 unspecified atom stereocenters. The fourth-order valence-corrected chi connectivity index (χ4v) is 1.78. The highest BCUT2D eigenvalue weighted by atomic mass is 19.1. The van der Waals surface area contributed by atoms with Crippen LogP contribution >= 0.6 is 0 Å². The van der Waals surface area contributed by atoms with E-state index in [4.69, 9.17) is 14.6 Å². The van der Waals surface area contributed by atoms with Crippen LogP contribution in [0.2, 0.25) is 0 Å². The molecule has 6 heteroatoms. The van der Waals surface area contributed by atoms with Gasteiger partial charge in [0.15, 0.2) is 5.78 Å². The van der Waals surface area contributed by atoms with E-state index in [0.717, 1.165) is 0 Å². The van der Waals surface area contributed by atoms with Gasteiger partial charge in [-0.3, -0.25) is 4.79 Å². The average Bonchev–Trinajstić information content (AvgIpc) is 2.89. The first-order valence-electron chi connectivity index (χ1n) is 5.97. The van der Waals surface area contributed by atoms with Gasteiger partial charge in [0.1, 0.15) is 11.6 Å². The molecule has 21 heavy (non-hydrogen) atoms. The molecule has 2 rings (SSSR count). The number of ketones is 1. The fraction of sp³-hybridized carbons (Fsp3) is 0.0667. The molecule has 0 fully saturated rings. The van der Waals surface area contributed by atoms with Crippen molar-refractivity contribution in [3.8, 4) is 0 Å². The number of carbonyl (C=O) groups is 2. The van der Waals surface area contributed by atoms with Crippen LogP contribution in [-0.2, 0) is 11.2 Å². The van der Waals surface area contributed by atoms with E-state index in [9.17, 15) is 14.0 Å². The topological polar surface area (TPSA) is 87.7 Å². The third-order valence-corrected chi connectivity index (χ3v) is 2.81. The highest BCUT2D eigenvalue weighted by molar-refractivity contribution is 6.08. The lowest BCUT2D eigenvalue weighted by Crippen LogP contribution is -2.05. The number of rotatable bonds is 5. The van der Waals surface area contributed by atoms with E-state index >= 15 is 0 Å². The Morgan fingerprint density at radius 3 is 2.57 bits per heavy atom. The third kappa shape index (κ3) is 3.36. The van der Waals surface area contributed by atoms with Gasteiger partial charge >= 0.3 is 5.97 Å². The zero-order chi connectivity index (χ0) is 15.4. The van der Waals surface area contributed by atoms with E-state index in [-0.39, 0.29) is 17.7 Å². The number of benzene rings is 1. The van der Waals surface area contributed by atoms with Crippen LogP contribution in [-0.4, -0.2) is 22.0 Å². The predicted octanol–water partition coefficient (Wildman–Crippen LogP) is 2.72. The van der Waals surface area contributed by atoms with Crippen LogP contribution in [0.1, 0.15) is 21.7 Å². The predicted molar refractivity (Wildman–Crippen MR) is 70.6 cm³/mol. The monoisotopic (exact) mass is 290 g/mol. The largest absolute Gasteiger partial charge is 0.502 e. The molecule has 0 aliphatic carbocycles. The molecule has 2 aromatic rings. The summed E-state index contributed by atoms with van der Waals surface area (Å²) in [6.45, 7) is 0. The number of aliphatic hydroxyl groups excluding tert-OH is 1. The van der Waals surface area contributed by atoms with Gasteiger partial charge in [0.25, 0.3) is 0 Å². The summed E-state index contributed by atoms with van der Waals surface area (Å²) in [4.78, 5) is 22.3. The van der Waals surface area contributed by atoms with Gasteiger partial charge in [-0.1, -0.05) is 18.2 Å². The molecule has 1 aromatic heterocycles. The number of aliphatic hydroxyl groups is 1. The Balaban J connectivity index is 2.27. The van der Waals surface area contributed by atoms with E-state index in [1.54, 1.807) is 18.2 Å². The summed E-state index contributed by atoms with van der Waals surface area (Å²) in [5.41, 5.74) is 0.416. The summed E-state index contributed by atoms with van der Waals surface area (Å²) in [7, 11) is 0. The molecular formula is C15H11FO5. The fourth-order valence-electron chi connectivity index (χ4n) is 1.78. The van der Waals surface area contributed by atoms with Crippen molar-refractivity contribution in [2.24, 2.45) is 0 Å². The SMILES string of the molecule is O=C(O)/C(O)=C/C(=O)c1ccoc1Cc1ccccc1F. The molecule has 0 aliphatic heterocycles. The molecule has 5 nitrogen and oxygen atoms in total. The quantitative estimate of drug-likeness (QED) is 0.502. The summed E-state index contributed by atoms with van der Waals surface area (Å²) >= 11 is 0. The van der Waals surface area contributed by atoms with Crippen LogP contribution in [0.25, 0.3) is 0 Å². The lowest BCUT2D eigenvalue weighted by atomic mass is 10.0. The Labute approximate surface area is 118 Å². The van der Waals surface area contributed by atoms with Crippen molar-refractivity contribution in [1.82, 2.24) is 0 Å². The summed E-state index contributed by atoms with van der Waals surface area (Å²) in [6.07, 6.45) is 1.87. The van der Waals surface area contributed by atoms with Crippen molar-refractivity contribution in [3.05, 3.63) is 71.1 Å². The first kappa shape index (κ1) is 14.5.